The molecule has 2 unspecified atom stereocenters. The Morgan fingerprint density at radius 1 is 0.667 bits per heavy atom. The molecule has 3 rings (SSSR count). The van der Waals surface area contributed by atoms with E-state index >= 15 is 0 Å². The van der Waals surface area contributed by atoms with Gasteiger partial charge in [0.2, 0.25) is 0 Å². The van der Waals surface area contributed by atoms with Gasteiger partial charge < -0.3 is 4.74 Å². The first-order valence-electron chi connectivity index (χ1n) is 5.79. The molecule has 2 aliphatic carbocycles. The minimum absolute atomic E-state index is 0.410. The van der Waals surface area contributed by atoms with Crippen molar-refractivity contribution in [3.8, 4) is 0 Å². The predicted molar refractivity (Wildman–Crippen MR) is 61.4 cm³/mol. The van der Waals surface area contributed by atoms with Gasteiger partial charge >= 0.3 is 0 Å². The summed E-state index contributed by atoms with van der Waals surface area (Å²) >= 11 is 0. The zero-order valence-electron chi connectivity index (χ0n) is 8.75. The van der Waals surface area contributed by atoms with Gasteiger partial charge in [0.15, 0.2) is 0 Å². The molecule has 1 saturated heterocycles. The van der Waals surface area contributed by atoms with Crippen molar-refractivity contribution in [2.75, 3.05) is 0 Å². The minimum Gasteiger partial charge on any atom is -0.373 e. The van der Waals surface area contributed by atoms with Gasteiger partial charge in [0.05, 0.1) is 12.2 Å². The van der Waals surface area contributed by atoms with Crippen LogP contribution in [0.2, 0.25) is 0 Å². The van der Waals surface area contributed by atoms with E-state index in [9.17, 15) is 0 Å². The highest BCUT2D eigenvalue weighted by Gasteiger charge is 2.33. The first-order valence-corrected chi connectivity index (χ1v) is 5.79. The zero-order chi connectivity index (χ0) is 10.1. The van der Waals surface area contributed by atoms with Gasteiger partial charge in [0.1, 0.15) is 0 Å². The van der Waals surface area contributed by atoms with E-state index in [0.29, 0.717) is 24.0 Å². The summed E-state index contributed by atoms with van der Waals surface area (Å²) in [5.41, 5.74) is 0. The van der Waals surface area contributed by atoms with Crippen molar-refractivity contribution < 1.29 is 4.74 Å². The molecule has 0 spiro atoms. The van der Waals surface area contributed by atoms with Crippen molar-refractivity contribution in [1.82, 2.24) is 0 Å². The summed E-state index contributed by atoms with van der Waals surface area (Å²) in [5, 5.41) is 0. The maximum atomic E-state index is 6.12. The Balaban J connectivity index is 1.63. The summed E-state index contributed by atoms with van der Waals surface area (Å²) in [6.45, 7) is 0. The number of ether oxygens (including phenoxy) is 1. The van der Waals surface area contributed by atoms with Gasteiger partial charge in [-0.15, -0.1) is 0 Å². The van der Waals surface area contributed by atoms with Crippen LogP contribution >= 0.6 is 0 Å². The Morgan fingerprint density at radius 2 is 1.07 bits per heavy atom. The fraction of sp³-hybridized carbons (Fsp3) is 0.429. The van der Waals surface area contributed by atoms with Gasteiger partial charge in [-0.2, -0.15) is 0 Å². The van der Waals surface area contributed by atoms with Gasteiger partial charge in [-0.25, -0.2) is 0 Å². The summed E-state index contributed by atoms with van der Waals surface area (Å²) in [6.07, 6.45) is 20.7. The van der Waals surface area contributed by atoms with Gasteiger partial charge in [0, 0.05) is 11.8 Å². The molecule has 0 amide bonds. The molecule has 0 bridgehead atoms. The number of allylic oxidation sites excluding steroid dienone is 4. The fourth-order valence-corrected chi connectivity index (χ4v) is 2.65. The highest BCUT2D eigenvalue weighted by molar-refractivity contribution is 5.22. The van der Waals surface area contributed by atoms with Crippen LogP contribution in [0.5, 0.6) is 0 Å². The van der Waals surface area contributed by atoms with E-state index < -0.39 is 0 Å². The van der Waals surface area contributed by atoms with Gasteiger partial charge in [-0.1, -0.05) is 48.6 Å². The third-order valence-electron chi connectivity index (χ3n) is 3.50. The van der Waals surface area contributed by atoms with Crippen LogP contribution in [0.1, 0.15) is 12.8 Å². The highest BCUT2D eigenvalue weighted by Crippen LogP contribution is 2.33. The van der Waals surface area contributed by atoms with Crippen LogP contribution in [-0.2, 0) is 4.74 Å². The lowest BCUT2D eigenvalue weighted by Crippen LogP contribution is -2.21. The zero-order valence-corrected chi connectivity index (χ0v) is 8.75. The van der Waals surface area contributed by atoms with E-state index in [-0.39, 0.29) is 0 Å². The third-order valence-corrected chi connectivity index (χ3v) is 3.50. The second kappa shape index (κ2) is 3.82. The fourth-order valence-electron chi connectivity index (χ4n) is 2.65. The molecule has 3 aliphatic rings. The van der Waals surface area contributed by atoms with E-state index in [1.54, 1.807) is 0 Å². The van der Waals surface area contributed by atoms with Gasteiger partial charge in [0.25, 0.3) is 0 Å². The monoisotopic (exact) mass is 200 g/mol. The van der Waals surface area contributed by atoms with Crippen molar-refractivity contribution in [1.29, 1.82) is 0 Å². The summed E-state index contributed by atoms with van der Waals surface area (Å²) in [4.78, 5) is 0. The average molecular weight is 200 g/mol. The smallest absolute Gasteiger partial charge is 0.0677 e. The van der Waals surface area contributed by atoms with E-state index in [1.807, 2.05) is 0 Å². The van der Waals surface area contributed by atoms with Crippen molar-refractivity contribution in [3.05, 3.63) is 48.6 Å². The Labute approximate surface area is 90.8 Å². The van der Waals surface area contributed by atoms with Crippen molar-refractivity contribution >= 4 is 0 Å². The van der Waals surface area contributed by atoms with Crippen molar-refractivity contribution in [2.45, 2.75) is 25.0 Å². The highest BCUT2D eigenvalue weighted by atomic mass is 16.5. The molecule has 0 aromatic rings. The molecule has 1 heterocycles. The maximum absolute atomic E-state index is 6.12. The van der Waals surface area contributed by atoms with Crippen LogP contribution < -0.4 is 0 Å². The number of hydrogen-bond acceptors (Lipinski definition) is 1. The lowest BCUT2D eigenvalue weighted by Gasteiger charge is -2.19. The molecule has 78 valence electrons. The summed E-state index contributed by atoms with van der Waals surface area (Å²) in [6, 6.07) is 0. The van der Waals surface area contributed by atoms with Gasteiger partial charge in [-0.05, 0) is 12.8 Å². The second-order valence-corrected chi connectivity index (χ2v) is 4.48. The predicted octanol–water partition coefficient (Wildman–Crippen LogP) is 3.02. The Morgan fingerprint density at radius 3 is 1.47 bits per heavy atom. The SMILES string of the molecule is C1=CC(C2CCC(C3C=CC=C3)O2)C=C1. The molecule has 1 heteroatoms. The molecule has 2 atom stereocenters. The molecular weight excluding hydrogens is 184 g/mol. The quantitative estimate of drug-likeness (QED) is 0.665. The Bertz CT molecular complexity index is 290. The molecule has 1 fully saturated rings. The Kier molecular flexibility index (Phi) is 2.34. The standard InChI is InChI=1S/C14H16O/c1-2-6-11(5-1)13-9-10-14(15-13)12-7-3-4-8-12/h1-8,11-14H,9-10H2. The molecule has 1 aliphatic heterocycles. The van der Waals surface area contributed by atoms with E-state index in [4.69, 9.17) is 4.74 Å². The molecule has 1 nitrogen and oxygen atoms in total. The molecule has 15 heavy (non-hydrogen) atoms. The lowest BCUT2D eigenvalue weighted by molar-refractivity contribution is 0.0200. The molecular formula is C14H16O. The van der Waals surface area contributed by atoms with Crippen LogP contribution in [0.15, 0.2) is 48.6 Å². The molecule has 0 radical (unpaired) electrons. The van der Waals surface area contributed by atoms with Crippen LogP contribution in [0.3, 0.4) is 0 Å². The topological polar surface area (TPSA) is 9.23 Å². The maximum Gasteiger partial charge on any atom is 0.0677 e. The molecule has 0 aromatic heterocycles. The average Bonchev–Trinajstić information content (AvgIpc) is 3.02. The van der Waals surface area contributed by atoms with E-state index in [2.05, 4.69) is 48.6 Å². The van der Waals surface area contributed by atoms with Crippen LogP contribution in [0, 0.1) is 11.8 Å². The molecule has 0 saturated carbocycles. The summed E-state index contributed by atoms with van der Waals surface area (Å²) in [7, 11) is 0. The normalized spacial score (nSPS) is 34.9. The Hall–Kier alpha value is -1.08. The number of hydrogen-bond donors (Lipinski definition) is 0. The van der Waals surface area contributed by atoms with Crippen LogP contribution in [0.25, 0.3) is 0 Å². The molecule has 0 aromatic carbocycles. The van der Waals surface area contributed by atoms with E-state index in [0.717, 1.165) is 0 Å². The number of rotatable bonds is 2. The second-order valence-electron chi connectivity index (χ2n) is 4.48. The van der Waals surface area contributed by atoms with Crippen molar-refractivity contribution in [3.63, 3.8) is 0 Å². The van der Waals surface area contributed by atoms with E-state index in [1.165, 1.54) is 12.8 Å². The van der Waals surface area contributed by atoms with Crippen LogP contribution in [-0.4, -0.2) is 12.2 Å². The van der Waals surface area contributed by atoms with Crippen molar-refractivity contribution in [2.24, 2.45) is 11.8 Å². The largest absolute Gasteiger partial charge is 0.373 e. The first-order chi connectivity index (χ1) is 7.43. The molecule has 0 N–H and O–H groups in total. The summed E-state index contributed by atoms with van der Waals surface area (Å²) < 4.78 is 6.12. The van der Waals surface area contributed by atoms with Gasteiger partial charge in [-0.3, -0.25) is 0 Å². The third kappa shape index (κ3) is 1.72. The minimum atomic E-state index is 0.410. The summed E-state index contributed by atoms with van der Waals surface area (Å²) in [5.74, 6) is 1.04. The first kappa shape index (κ1) is 9.17. The lowest BCUT2D eigenvalue weighted by atomic mass is 9.99. The van der Waals surface area contributed by atoms with Crippen LogP contribution in [0.4, 0.5) is 0 Å².